The Labute approximate surface area is 174 Å². The standard InChI is InChI=1S/C21H26FN5O3/c1-3-4-7-26-11-15-10-25(13-19(15)24-26)20-6-5-16(8-18(20)22)27-12-17(30-21(27)29)9-23-14(2)28/h5-6,8,11,17H,3-4,7,9-10,12-13H2,1-2H3,(H,23,28)/t17-/m0/s1. The van der Waals surface area contributed by atoms with Gasteiger partial charge in [-0.2, -0.15) is 5.10 Å². The van der Waals surface area contributed by atoms with Gasteiger partial charge >= 0.3 is 6.09 Å². The Balaban J connectivity index is 1.42. The first-order valence-corrected chi connectivity index (χ1v) is 10.3. The molecule has 1 saturated heterocycles. The maximum absolute atomic E-state index is 14.9. The minimum absolute atomic E-state index is 0.191. The fourth-order valence-corrected chi connectivity index (χ4v) is 3.83. The number of halogens is 1. The van der Waals surface area contributed by atoms with Crippen LogP contribution in [-0.2, 0) is 29.2 Å². The SMILES string of the molecule is CCCCn1cc2c(n1)CN(c1ccc(N3C[C@H](CNC(C)=O)OC3=O)cc1F)C2. The third-order valence-corrected chi connectivity index (χ3v) is 5.40. The smallest absolute Gasteiger partial charge is 0.414 e. The Kier molecular flexibility index (Phi) is 5.61. The van der Waals surface area contributed by atoms with Crippen LogP contribution in [0, 0.1) is 5.82 Å². The number of aryl methyl sites for hydroxylation is 1. The van der Waals surface area contributed by atoms with Crippen molar-refractivity contribution in [3.63, 3.8) is 0 Å². The largest absolute Gasteiger partial charge is 0.442 e. The Morgan fingerprint density at radius 1 is 1.37 bits per heavy atom. The van der Waals surface area contributed by atoms with Crippen molar-refractivity contribution in [2.45, 2.75) is 52.4 Å². The maximum atomic E-state index is 14.9. The highest BCUT2D eigenvalue weighted by atomic mass is 19.1. The molecular formula is C21H26FN5O3. The topological polar surface area (TPSA) is 79.7 Å². The first-order chi connectivity index (χ1) is 14.4. The zero-order chi connectivity index (χ0) is 21.3. The number of carbonyl (C=O) groups excluding carboxylic acids is 2. The lowest BCUT2D eigenvalue weighted by molar-refractivity contribution is -0.119. The van der Waals surface area contributed by atoms with Gasteiger partial charge in [0, 0.05) is 31.8 Å². The quantitative estimate of drug-likeness (QED) is 0.752. The molecule has 30 heavy (non-hydrogen) atoms. The minimum atomic E-state index is -0.542. The summed E-state index contributed by atoms with van der Waals surface area (Å²) in [6, 6.07) is 4.77. The van der Waals surface area contributed by atoms with E-state index in [1.54, 1.807) is 12.1 Å². The Bertz CT molecular complexity index is 937. The van der Waals surface area contributed by atoms with Gasteiger partial charge in [-0.15, -0.1) is 0 Å². The van der Waals surface area contributed by atoms with E-state index in [1.807, 2.05) is 15.8 Å². The van der Waals surface area contributed by atoms with Gasteiger partial charge in [0.15, 0.2) is 0 Å². The second-order valence-electron chi connectivity index (χ2n) is 7.76. The number of cyclic esters (lactones) is 1. The third kappa shape index (κ3) is 4.10. The van der Waals surface area contributed by atoms with Crippen molar-refractivity contribution >= 4 is 23.4 Å². The first-order valence-electron chi connectivity index (χ1n) is 10.3. The molecule has 1 aromatic heterocycles. The summed E-state index contributed by atoms with van der Waals surface area (Å²) in [6.07, 6.45) is 3.26. The lowest BCUT2D eigenvalue weighted by atomic mass is 10.2. The molecule has 0 saturated carbocycles. The molecule has 1 N–H and O–H groups in total. The van der Waals surface area contributed by atoms with Crippen LogP contribution in [0.2, 0.25) is 0 Å². The molecule has 3 heterocycles. The second-order valence-corrected chi connectivity index (χ2v) is 7.76. The molecule has 1 aromatic carbocycles. The maximum Gasteiger partial charge on any atom is 0.414 e. The van der Waals surface area contributed by atoms with Gasteiger partial charge in [-0.3, -0.25) is 14.4 Å². The van der Waals surface area contributed by atoms with Crippen molar-refractivity contribution < 1.29 is 18.7 Å². The van der Waals surface area contributed by atoms with E-state index < -0.39 is 18.0 Å². The molecule has 1 atom stereocenters. The molecule has 4 rings (SSSR count). The highest BCUT2D eigenvalue weighted by molar-refractivity contribution is 5.90. The molecule has 1 fully saturated rings. The van der Waals surface area contributed by atoms with Gasteiger partial charge in [-0.25, -0.2) is 9.18 Å². The molecule has 2 amide bonds. The predicted octanol–water partition coefficient (Wildman–Crippen LogP) is 2.80. The normalized spacial score (nSPS) is 18.0. The predicted molar refractivity (Wildman–Crippen MR) is 110 cm³/mol. The third-order valence-electron chi connectivity index (χ3n) is 5.40. The summed E-state index contributed by atoms with van der Waals surface area (Å²) < 4.78 is 22.1. The zero-order valence-electron chi connectivity index (χ0n) is 17.2. The Morgan fingerprint density at radius 3 is 2.90 bits per heavy atom. The van der Waals surface area contributed by atoms with E-state index in [4.69, 9.17) is 4.74 Å². The van der Waals surface area contributed by atoms with Gasteiger partial charge in [-0.1, -0.05) is 13.3 Å². The molecule has 0 unspecified atom stereocenters. The molecule has 9 heteroatoms. The molecule has 0 bridgehead atoms. The van der Waals surface area contributed by atoms with Crippen molar-refractivity contribution in [2.24, 2.45) is 0 Å². The van der Waals surface area contributed by atoms with Crippen molar-refractivity contribution in [3.05, 3.63) is 41.5 Å². The minimum Gasteiger partial charge on any atom is -0.442 e. The molecule has 0 radical (unpaired) electrons. The van der Waals surface area contributed by atoms with Gasteiger partial charge in [0.25, 0.3) is 0 Å². The lowest BCUT2D eigenvalue weighted by Crippen LogP contribution is -2.33. The number of aromatic nitrogens is 2. The van der Waals surface area contributed by atoms with Crippen LogP contribution in [0.4, 0.5) is 20.6 Å². The van der Waals surface area contributed by atoms with Gasteiger partial charge in [0.2, 0.25) is 5.91 Å². The number of anilines is 2. The highest BCUT2D eigenvalue weighted by Crippen LogP contribution is 2.32. The number of ether oxygens (including phenoxy) is 1. The second kappa shape index (κ2) is 8.33. The number of unbranched alkanes of at least 4 members (excludes halogenated alkanes) is 1. The lowest BCUT2D eigenvalue weighted by Gasteiger charge is -2.21. The average molecular weight is 415 g/mol. The summed E-state index contributed by atoms with van der Waals surface area (Å²) in [6.45, 7) is 6.13. The number of rotatable bonds is 7. The number of nitrogens with one attached hydrogen (secondary N) is 1. The van der Waals surface area contributed by atoms with Gasteiger partial charge < -0.3 is 15.0 Å². The Hall–Kier alpha value is -3.10. The van der Waals surface area contributed by atoms with E-state index >= 15 is 0 Å². The number of carbonyl (C=O) groups is 2. The molecule has 0 spiro atoms. The van der Waals surface area contributed by atoms with Crippen molar-refractivity contribution in [3.8, 4) is 0 Å². The van der Waals surface area contributed by atoms with Gasteiger partial charge in [0.1, 0.15) is 11.9 Å². The summed E-state index contributed by atoms with van der Waals surface area (Å²) >= 11 is 0. The van der Waals surface area contributed by atoms with Crippen LogP contribution in [0.1, 0.15) is 37.9 Å². The van der Waals surface area contributed by atoms with E-state index in [1.165, 1.54) is 17.9 Å². The number of amides is 2. The van der Waals surface area contributed by atoms with Crippen LogP contribution in [0.5, 0.6) is 0 Å². The van der Waals surface area contributed by atoms with Gasteiger partial charge in [-0.05, 0) is 24.6 Å². The van der Waals surface area contributed by atoms with Crippen molar-refractivity contribution in [1.82, 2.24) is 15.1 Å². The monoisotopic (exact) mass is 415 g/mol. The van der Waals surface area contributed by atoms with E-state index in [9.17, 15) is 14.0 Å². The van der Waals surface area contributed by atoms with E-state index in [-0.39, 0.29) is 19.0 Å². The molecule has 160 valence electrons. The number of nitrogens with zero attached hydrogens (tertiary/aromatic N) is 4. The summed E-state index contributed by atoms with van der Waals surface area (Å²) in [7, 11) is 0. The summed E-state index contributed by atoms with van der Waals surface area (Å²) in [5.41, 5.74) is 3.03. The first kappa shape index (κ1) is 20.2. The summed E-state index contributed by atoms with van der Waals surface area (Å²) in [5, 5.41) is 7.24. The van der Waals surface area contributed by atoms with E-state index in [0.29, 0.717) is 24.5 Å². The molecule has 2 aromatic rings. The van der Waals surface area contributed by atoms with Crippen molar-refractivity contribution in [1.29, 1.82) is 0 Å². The number of benzene rings is 1. The van der Waals surface area contributed by atoms with Crippen molar-refractivity contribution in [2.75, 3.05) is 22.9 Å². The average Bonchev–Trinajstić information content (AvgIpc) is 3.37. The zero-order valence-corrected chi connectivity index (χ0v) is 17.2. The fourth-order valence-electron chi connectivity index (χ4n) is 3.83. The summed E-state index contributed by atoms with van der Waals surface area (Å²) in [5.74, 6) is -0.585. The molecule has 2 aliphatic rings. The van der Waals surface area contributed by atoms with Crippen LogP contribution in [-0.4, -0.2) is 41.0 Å². The van der Waals surface area contributed by atoms with Crippen LogP contribution >= 0.6 is 0 Å². The van der Waals surface area contributed by atoms with Gasteiger partial charge in [0.05, 0.1) is 36.7 Å². The highest BCUT2D eigenvalue weighted by Gasteiger charge is 2.33. The van der Waals surface area contributed by atoms with Crippen LogP contribution < -0.4 is 15.1 Å². The number of hydrogen-bond acceptors (Lipinski definition) is 5. The summed E-state index contributed by atoms with van der Waals surface area (Å²) in [4.78, 5) is 26.5. The molecule has 0 aliphatic carbocycles. The molecule has 2 aliphatic heterocycles. The molecule has 8 nitrogen and oxygen atoms in total. The Morgan fingerprint density at radius 2 is 2.20 bits per heavy atom. The van der Waals surface area contributed by atoms with E-state index in [0.717, 1.165) is 30.6 Å². The van der Waals surface area contributed by atoms with Crippen LogP contribution in [0.3, 0.4) is 0 Å². The number of fused-ring (bicyclic) bond motifs is 1. The van der Waals surface area contributed by atoms with Crippen LogP contribution in [0.15, 0.2) is 24.4 Å². The molecular weight excluding hydrogens is 389 g/mol. The van der Waals surface area contributed by atoms with E-state index in [2.05, 4.69) is 17.3 Å². The number of hydrogen-bond donors (Lipinski definition) is 1. The van der Waals surface area contributed by atoms with Crippen LogP contribution in [0.25, 0.3) is 0 Å². The fraction of sp³-hybridized carbons (Fsp3) is 0.476.